The third kappa shape index (κ3) is 2.56. The molecule has 20 heavy (non-hydrogen) atoms. The Morgan fingerprint density at radius 1 is 1.15 bits per heavy atom. The van der Waals surface area contributed by atoms with Crippen molar-refractivity contribution in [2.24, 2.45) is 17.7 Å². The lowest BCUT2D eigenvalue weighted by Gasteiger charge is -2.33. The molecule has 0 bridgehead atoms. The normalized spacial score (nSPS) is 24.7. The van der Waals surface area contributed by atoms with Crippen LogP contribution in [0.5, 0.6) is 0 Å². The highest BCUT2D eigenvalue weighted by molar-refractivity contribution is 5.85. The monoisotopic (exact) mass is 269 g/mol. The Bertz CT molecular complexity index is 568. The molecule has 1 aromatic heterocycles. The number of nitrogens with zero attached hydrogens (tertiary/aromatic N) is 1. The van der Waals surface area contributed by atoms with Gasteiger partial charge in [-0.15, -0.1) is 0 Å². The molecule has 1 heterocycles. The maximum Gasteiger partial charge on any atom is 0.0509 e. The van der Waals surface area contributed by atoms with Crippen LogP contribution in [0.15, 0.2) is 36.7 Å². The van der Waals surface area contributed by atoms with Crippen molar-refractivity contribution in [3.63, 3.8) is 0 Å². The van der Waals surface area contributed by atoms with Gasteiger partial charge in [0.1, 0.15) is 0 Å². The van der Waals surface area contributed by atoms with Crippen LogP contribution in [0.3, 0.4) is 0 Å². The van der Waals surface area contributed by atoms with Gasteiger partial charge < -0.3 is 0 Å². The van der Waals surface area contributed by atoms with Crippen molar-refractivity contribution < 1.29 is 0 Å². The molecule has 1 unspecified atom stereocenters. The number of hydrogen-bond donors (Lipinski definition) is 2. The molecule has 1 aliphatic rings. The lowest BCUT2D eigenvalue weighted by atomic mass is 9.77. The first-order chi connectivity index (χ1) is 9.79. The average Bonchev–Trinajstić information content (AvgIpc) is 2.50. The first kappa shape index (κ1) is 13.5. The lowest BCUT2D eigenvalue weighted by Crippen LogP contribution is -2.35. The highest BCUT2D eigenvalue weighted by Crippen LogP contribution is 2.38. The van der Waals surface area contributed by atoms with Gasteiger partial charge in [0, 0.05) is 17.8 Å². The third-order valence-electron chi connectivity index (χ3n) is 4.75. The van der Waals surface area contributed by atoms with Crippen LogP contribution in [0, 0.1) is 11.8 Å². The molecule has 0 aliphatic heterocycles. The molecular formula is C17H23N3. The fraction of sp³-hybridized carbons (Fsp3) is 0.471. The molecule has 3 heteroatoms. The Balaban J connectivity index is 1.95. The van der Waals surface area contributed by atoms with E-state index in [-0.39, 0.29) is 6.04 Å². The molecule has 0 saturated heterocycles. The Kier molecular flexibility index (Phi) is 3.99. The second-order valence-electron chi connectivity index (χ2n) is 6.11. The van der Waals surface area contributed by atoms with Gasteiger partial charge in [-0.3, -0.25) is 16.3 Å². The van der Waals surface area contributed by atoms with Crippen LogP contribution < -0.4 is 11.3 Å². The number of nitrogens with one attached hydrogen (secondary N) is 1. The van der Waals surface area contributed by atoms with Crippen LogP contribution in [0.4, 0.5) is 0 Å². The SMILES string of the molecule is CC1CCC(C(NN)c2cncc3ccccc23)CC1. The van der Waals surface area contributed by atoms with Crippen molar-refractivity contribution in [1.29, 1.82) is 0 Å². The van der Waals surface area contributed by atoms with Gasteiger partial charge in [-0.2, -0.15) is 0 Å². The van der Waals surface area contributed by atoms with E-state index in [1.165, 1.54) is 42.0 Å². The first-order valence-electron chi connectivity index (χ1n) is 7.58. The maximum atomic E-state index is 5.88. The lowest BCUT2D eigenvalue weighted by molar-refractivity contribution is 0.233. The zero-order valence-electron chi connectivity index (χ0n) is 12.0. The fourth-order valence-corrected chi connectivity index (χ4v) is 3.49. The molecule has 0 radical (unpaired) electrons. The summed E-state index contributed by atoms with van der Waals surface area (Å²) in [4.78, 5) is 4.40. The second-order valence-corrected chi connectivity index (χ2v) is 6.11. The maximum absolute atomic E-state index is 5.88. The molecule has 1 fully saturated rings. The summed E-state index contributed by atoms with van der Waals surface area (Å²) in [5.41, 5.74) is 4.30. The van der Waals surface area contributed by atoms with Crippen molar-refractivity contribution in [1.82, 2.24) is 10.4 Å². The third-order valence-corrected chi connectivity index (χ3v) is 4.75. The van der Waals surface area contributed by atoms with Gasteiger partial charge in [-0.25, -0.2) is 0 Å². The number of benzene rings is 1. The number of hydrogen-bond acceptors (Lipinski definition) is 3. The molecule has 3 nitrogen and oxygen atoms in total. The minimum absolute atomic E-state index is 0.209. The summed E-state index contributed by atoms with van der Waals surface area (Å²) in [6.07, 6.45) is 9.01. The molecule has 1 aliphatic carbocycles. The van der Waals surface area contributed by atoms with E-state index in [0.29, 0.717) is 5.92 Å². The summed E-state index contributed by atoms with van der Waals surface area (Å²) in [6.45, 7) is 2.35. The van der Waals surface area contributed by atoms with Crippen LogP contribution in [0.1, 0.15) is 44.2 Å². The topological polar surface area (TPSA) is 50.9 Å². The van der Waals surface area contributed by atoms with Crippen molar-refractivity contribution in [3.05, 3.63) is 42.2 Å². The van der Waals surface area contributed by atoms with Gasteiger partial charge in [0.05, 0.1) is 6.04 Å². The summed E-state index contributed by atoms with van der Waals surface area (Å²) >= 11 is 0. The molecular weight excluding hydrogens is 246 g/mol. The molecule has 2 aromatic rings. The van der Waals surface area contributed by atoms with Gasteiger partial charge in [0.25, 0.3) is 0 Å². The standard InChI is InChI=1S/C17H23N3/c1-12-6-8-13(9-7-12)17(20-18)16-11-19-10-14-4-2-3-5-15(14)16/h2-5,10-13,17,20H,6-9,18H2,1H3. The van der Waals surface area contributed by atoms with E-state index in [1.807, 2.05) is 12.4 Å². The smallest absolute Gasteiger partial charge is 0.0509 e. The summed E-state index contributed by atoms with van der Waals surface area (Å²) in [7, 11) is 0. The van der Waals surface area contributed by atoms with Crippen LogP contribution in [-0.2, 0) is 0 Å². The van der Waals surface area contributed by atoms with Gasteiger partial charge in [0.15, 0.2) is 0 Å². The van der Waals surface area contributed by atoms with E-state index >= 15 is 0 Å². The van der Waals surface area contributed by atoms with Crippen LogP contribution >= 0.6 is 0 Å². The highest BCUT2D eigenvalue weighted by Gasteiger charge is 2.27. The van der Waals surface area contributed by atoms with E-state index < -0.39 is 0 Å². The molecule has 3 rings (SSSR count). The summed E-state index contributed by atoms with van der Waals surface area (Å²) < 4.78 is 0. The zero-order valence-corrected chi connectivity index (χ0v) is 12.0. The minimum Gasteiger partial charge on any atom is -0.271 e. The Morgan fingerprint density at radius 2 is 1.90 bits per heavy atom. The number of nitrogens with two attached hydrogens (primary N) is 1. The van der Waals surface area contributed by atoms with Crippen molar-refractivity contribution in [2.45, 2.75) is 38.6 Å². The summed E-state index contributed by atoms with van der Waals surface area (Å²) in [5.74, 6) is 7.35. The number of hydrazine groups is 1. The second kappa shape index (κ2) is 5.90. The van der Waals surface area contributed by atoms with Gasteiger partial charge in [-0.1, -0.05) is 44.0 Å². The molecule has 0 spiro atoms. The number of rotatable bonds is 3. The number of aromatic nitrogens is 1. The van der Waals surface area contributed by atoms with E-state index in [9.17, 15) is 0 Å². The summed E-state index contributed by atoms with van der Waals surface area (Å²) in [5, 5.41) is 2.46. The highest BCUT2D eigenvalue weighted by atomic mass is 15.2. The molecule has 1 saturated carbocycles. The predicted molar refractivity (Wildman–Crippen MR) is 82.9 cm³/mol. The van der Waals surface area contributed by atoms with E-state index in [0.717, 1.165) is 5.92 Å². The number of pyridine rings is 1. The number of fused-ring (bicyclic) bond motifs is 1. The quantitative estimate of drug-likeness (QED) is 0.661. The van der Waals surface area contributed by atoms with Gasteiger partial charge in [0.2, 0.25) is 0 Å². The zero-order chi connectivity index (χ0) is 13.9. The summed E-state index contributed by atoms with van der Waals surface area (Å²) in [6, 6.07) is 8.63. The molecule has 106 valence electrons. The van der Waals surface area contributed by atoms with Crippen molar-refractivity contribution >= 4 is 10.8 Å². The molecule has 0 amide bonds. The van der Waals surface area contributed by atoms with Crippen molar-refractivity contribution in [2.75, 3.05) is 0 Å². The van der Waals surface area contributed by atoms with E-state index in [4.69, 9.17) is 5.84 Å². The van der Waals surface area contributed by atoms with Gasteiger partial charge in [-0.05, 0) is 35.6 Å². The van der Waals surface area contributed by atoms with Crippen LogP contribution in [0.25, 0.3) is 10.8 Å². The van der Waals surface area contributed by atoms with Crippen molar-refractivity contribution in [3.8, 4) is 0 Å². The Labute approximate surface area is 120 Å². The predicted octanol–water partition coefficient (Wildman–Crippen LogP) is 3.57. The first-order valence-corrected chi connectivity index (χ1v) is 7.58. The fourth-order valence-electron chi connectivity index (χ4n) is 3.49. The van der Waals surface area contributed by atoms with E-state index in [1.54, 1.807) is 0 Å². The Morgan fingerprint density at radius 3 is 2.65 bits per heavy atom. The van der Waals surface area contributed by atoms with Crippen LogP contribution in [0.2, 0.25) is 0 Å². The molecule has 3 N–H and O–H groups in total. The molecule has 1 aromatic carbocycles. The molecule has 1 atom stereocenters. The average molecular weight is 269 g/mol. The van der Waals surface area contributed by atoms with Crippen LogP contribution in [-0.4, -0.2) is 4.98 Å². The largest absolute Gasteiger partial charge is 0.271 e. The van der Waals surface area contributed by atoms with E-state index in [2.05, 4.69) is 41.6 Å². The minimum atomic E-state index is 0.209. The van der Waals surface area contributed by atoms with Gasteiger partial charge >= 0.3 is 0 Å². The Hall–Kier alpha value is -1.45.